The Morgan fingerprint density at radius 3 is 2.44 bits per heavy atom. The Hall–Kier alpha value is -3.28. The topological polar surface area (TPSA) is 68.3 Å². The first kappa shape index (κ1) is 17.1. The van der Waals surface area contributed by atoms with Gasteiger partial charge in [0.15, 0.2) is 11.5 Å². The molecule has 0 radical (unpaired) electrons. The number of nitrogens with one attached hydrogen (secondary N) is 2. The number of benzene rings is 2. The van der Waals surface area contributed by atoms with Gasteiger partial charge >= 0.3 is 0 Å². The number of nitrogens with zero attached hydrogens (tertiary/aromatic N) is 2. The molecular formula is C21H22N4O2. The lowest BCUT2D eigenvalue weighted by Crippen LogP contribution is -2.04. The molecule has 2 N–H and O–H groups in total. The molecule has 0 fully saturated rings. The Kier molecular flexibility index (Phi) is 4.54. The van der Waals surface area contributed by atoms with Crippen LogP contribution in [0.15, 0.2) is 42.7 Å². The van der Waals surface area contributed by atoms with Crippen molar-refractivity contribution in [2.45, 2.75) is 27.3 Å². The maximum atomic E-state index is 5.42. The molecule has 1 aromatic heterocycles. The predicted molar refractivity (Wildman–Crippen MR) is 106 cm³/mol. The van der Waals surface area contributed by atoms with E-state index in [0.29, 0.717) is 6.54 Å². The quantitative estimate of drug-likeness (QED) is 0.697. The highest BCUT2D eigenvalue weighted by Gasteiger charge is 2.13. The summed E-state index contributed by atoms with van der Waals surface area (Å²) in [5.41, 5.74) is 5.82. The third-order valence-electron chi connectivity index (χ3n) is 4.51. The SMILES string of the molecule is Cc1cc(C)c(Nc2cc(NCc3ccc4c(c3)OCO4)ncn2)c(C)c1. The van der Waals surface area contributed by atoms with Crippen LogP contribution in [0, 0.1) is 20.8 Å². The van der Waals surface area contributed by atoms with Crippen molar-refractivity contribution in [3.05, 3.63) is 65.0 Å². The molecule has 4 rings (SSSR count). The number of fused-ring (bicyclic) bond motifs is 1. The molecule has 3 aromatic rings. The minimum Gasteiger partial charge on any atom is -0.454 e. The standard InChI is InChI=1S/C21H22N4O2/c1-13-6-14(2)21(15(3)7-13)25-20-9-19(23-11-24-20)22-10-16-4-5-17-18(8-16)27-12-26-17/h4-9,11H,10,12H2,1-3H3,(H2,22,23,24,25). The zero-order valence-corrected chi connectivity index (χ0v) is 15.7. The summed E-state index contributed by atoms with van der Waals surface area (Å²) in [6, 6.07) is 12.2. The molecule has 6 heteroatoms. The molecular weight excluding hydrogens is 340 g/mol. The second-order valence-electron chi connectivity index (χ2n) is 6.73. The van der Waals surface area contributed by atoms with Gasteiger partial charge in [-0.2, -0.15) is 0 Å². The van der Waals surface area contributed by atoms with Gasteiger partial charge in [-0.25, -0.2) is 9.97 Å². The second-order valence-corrected chi connectivity index (χ2v) is 6.73. The fourth-order valence-electron chi connectivity index (χ4n) is 3.27. The molecule has 1 aliphatic heterocycles. The van der Waals surface area contributed by atoms with E-state index in [4.69, 9.17) is 9.47 Å². The van der Waals surface area contributed by atoms with Crippen molar-refractivity contribution in [2.24, 2.45) is 0 Å². The van der Waals surface area contributed by atoms with Gasteiger partial charge in [-0.05, 0) is 49.6 Å². The van der Waals surface area contributed by atoms with Crippen LogP contribution in [-0.4, -0.2) is 16.8 Å². The molecule has 2 heterocycles. The van der Waals surface area contributed by atoms with Crippen LogP contribution in [0.25, 0.3) is 0 Å². The molecule has 0 bridgehead atoms. The lowest BCUT2D eigenvalue weighted by molar-refractivity contribution is 0.174. The zero-order chi connectivity index (χ0) is 18.8. The van der Waals surface area contributed by atoms with Gasteiger partial charge in [-0.3, -0.25) is 0 Å². The van der Waals surface area contributed by atoms with Crippen molar-refractivity contribution in [1.29, 1.82) is 0 Å². The van der Waals surface area contributed by atoms with Crippen molar-refractivity contribution in [3.63, 3.8) is 0 Å². The lowest BCUT2D eigenvalue weighted by atomic mass is 10.1. The maximum Gasteiger partial charge on any atom is 0.231 e. The van der Waals surface area contributed by atoms with Crippen LogP contribution in [0.1, 0.15) is 22.3 Å². The third-order valence-corrected chi connectivity index (χ3v) is 4.51. The number of anilines is 3. The van der Waals surface area contributed by atoms with Crippen molar-refractivity contribution < 1.29 is 9.47 Å². The third kappa shape index (κ3) is 3.79. The van der Waals surface area contributed by atoms with Crippen LogP contribution in [0.5, 0.6) is 11.5 Å². The van der Waals surface area contributed by atoms with E-state index in [9.17, 15) is 0 Å². The van der Waals surface area contributed by atoms with Crippen molar-refractivity contribution in [2.75, 3.05) is 17.4 Å². The Bertz CT molecular complexity index is 965. The molecule has 0 unspecified atom stereocenters. The van der Waals surface area contributed by atoms with E-state index < -0.39 is 0 Å². The van der Waals surface area contributed by atoms with Gasteiger partial charge in [0, 0.05) is 18.3 Å². The molecule has 138 valence electrons. The number of aromatic nitrogens is 2. The Balaban J connectivity index is 1.46. The van der Waals surface area contributed by atoms with E-state index in [1.54, 1.807) is 6.33 Å². The number of aryl methyl sites for hydroxylation is 3. The second kappa shape index (κ2) is 7.15. The minimum atomic E-state index is 0.283. The lowest BCUT2D eigenvalue weighted by Gasteiger charge is -2.14. The average molecular weight is 362 g/mol. The van der Waals surface area contributed by atoms with E-state index >= 15 is 0 Å². The Morgan fingerprint density at radius 1 is 0.889 bits per heavy atom. The molecule has 0 amide bonds. The van der Waals surface area contributed by atoms with E-state index in [1.807, 2.05) is 24.3 Å². The first-order chi connectivity index (χ1) is 13.1. The highest BCUT2D eigenvalue weighted by atomic mass is 16.7. The van der Waals surface area contributed by atoms with Gasteiger partial charge in [0.1, 0.15) is 18.0 Å². The summed E-state index contributed by atoms with van der Waals surface area (Å²) in [5.74, 6) is 3.08. The van der Waals surface area contributed by atoms with Gasteiger partial charge in [-0.15, -0.1) is 0 Å². The largest absolute Gasteiger partial charge is 0.454 e. The molecule has 0 saturated heterocycles. The average Bonchev–Trinajstić information content (AvgIpc) is 3.11. The summed E-state index contributed by atoms with van der Waals surface area (Å²) < 4.78 is 10.8. The van der Waals surface area contributed by atoms with Crippen LogP contribution in [-0.2, 0) is 6.54 Å². The summed E-state index contributed by atoms with van der Waals surface area (Å²) in [4.78, 5) is 8.65. The van der Waals surface area contributed by atoms with Gasteiger partial charge in [-0.1, -0.05) is 23.8 Å². The number of hydrogen-bond acceptors (Lipinski definition) is 6. The van der Waals surface area contributed by atoms with Gasteiger partial charge < -0.3 is 20.1 Å². The van der Waals surface area contributed by atoms with Crippen LogP contribution < -0.4 is 20.1 Å². The molecule has 0 aliphatic carbocycles. The first-order valence-corrected chi connectivity index (χ1v) is 8.88. The van der Waals surface area contributed by atoms with Crippen LogP contribution >= 0.6 is 0 Å². The van der Waals surface area contributed by atoms with Crippen LogP contribution in [0.4, 0.5) is 17.3 Å². The fraction of sp³-hybridized carbons (Fsp3) is 0.238. The van der Waals surface area contributed by atoms with Gasteiger partial charge in [0.25, 0.3) is 0 Å². The van der Waals surface area contributed by atoms with E-state index in [0.717, 1.165) is 34.4 Å². The molecule has 0 saturated carbocycles. The summed E-state index contributed by atoms with van der Waals surface area (Å²) >= 11 is 0. The molecule has 6 nitrogen and oxygen atoms in total. The highest BCUT2D eigenvalue weighted by Crippen LogP contribution is 2.32. The van der Waals surface area contributed by atoms with Crippen molar-refractivity contribution in [3.8, 4) is 11.5 Å². The predicted octanol–water partition coefficient (Wildman–Crippen LogP) is 4.49. The number of rotatable bonds is 5. The first-order valence-electron chi connectivity index (χ1n) is 8.88. The number of hydrogen-bond donors (Lipinski definition) is 2. The van der Waals surface area contributed by atoms with Gasteiger partial charge in [0.05, 0.1) is 0 Å². The van der Waals surface area contributed by atoms with Crippen LogP contribution in [0.2, 0.25) is 0 Å². The summed E-state index contributed by atoms with van der Waals surface area (Å²) in [6.07, 6.45) is 1.56. The van der Waals surface area contributed by atoms with Crippen LogP contribution in [0.3, 0.4) is 0 Å². The minimum absolute atomic E-state index is 0.283. The van der Waals surface area contributed by atoms with E-state index in [-0.39, 0.29) is 6.79 Å². The van der Waals surface area contributed by atoms with Gasteiger partial charge in [0.2, 0.25) is 6.79 Å². The summed E-state index contributed by atoms with van der Waals surface area (Å²) in [5, 5.41) is 6.74. The normalized spacial score (nSPS) is 12.1. The monoisotopic (exact) mass is 362 g/mol. The number of ether oxygens (including phenoxy) is 2. The molecule has 27 heavy (non-hydrogen) atoms. The smallest absolute Gasteiger partial charge is 0.231 e. The summed E-state index contributed by atoms with van der Waals surface area (Å²) in [7, 11) is 0. The molecule has 1 aliphatic rings. The maximum absolute atomic E-state index is 5.42. The zero-order valence-electron chi connectivity index (χ0n) is 15.7. The Morgan fingerprint density at radius 2 is 1.63 bits per heavy atom. The Labute approximate surface area is 158 Å². The van der Waals surface area contributed by atoms with Crippen molar-refractivity contribution >= 4 is 17.3 Å². The van der Waals surface area contributed by atoms with Crippen molar-refractivity contribution in [1.82, 2.24) is 9.97 Å². The fourth-order valence-corrected chi connectivity index (χ4v) is 3.27. The highest BCUT2D eigenvalue weighted by molar-refractivity contribution is 5.66. The molecule has 0 spiro atoms. The molecule has 2 aromatic carbocycles. The van der Waals surface area contributed by atoms with E-state index in [1.165, 1.54) is 16.7 Å². The molecule has 0 atom stereocenters. The summed E-state index contributed by atoms with van der Waals surface area (Å²) in [6.45, 7) is 7.22. The van der Waals surface area contributed by atoms with E-state index in [2.05, 4.69) is 53.5 Å².